The minimum atomic E-state index is -0.0494. The third-order valence-electron chi connectivity index (χ3n) is 6.27. The van der Waals surface area contributed by atoms with E-state index < -0.39 is 0 Å². The molecule has 2 aliphatic rings. The number of ether oxygens (including phenoxy) is 1. The number of amides is 1. The van der Waals surface area contributed by atoms with E-state index in [9.17, 15) is 4.79 Å². The SMILES string of the molecule is CC1CCN(c2nnc(SCC(=O)N(CCC#N)Cc3ccco3)n2CC2CCCO2)CC1. The Kier molecular flexibility index (Phi) is 8.29. The van der Waals surface area contributed by atoms with Gasteiger partial charge in [-0.25, -0.2) is 0 Å². The first-order chi connectivity index (χ1) is 16.1. The van der Waals surface area contributed by atoms with Crippen molar-refractivity contribution in [3.8, 4) is 6.07 Å². The van der Waals surface area contributed by atoms with E-state index in [1.807, 2.05) is 6.07 Å². The Bertz CT molecular complexity index is 927. The molecule has 2 saturated heterocycles. The Morgan fingerprint density at radius 1 is 1.33 bits per heavy atom. The first-order valence-corrected chi connectivity index (χ1v) is 12.7. The lowest BCUT2D eigenvalue weighted by molar-refractivity contribution is -0.129. The summed E-state index contributed by atoms with van der Waals surface area (Å²) in [5.74, 6) is 2.49. The van der Waals surface area contributed by atoms with Gasteiger partial charge in [-0.05, 0) is 43.7 Å². The maximum Gasteiger partial charge on any atom is 0.233 e. The molecule has 2 aromatic rings. The zero-order valence-corrected chi connectivity index (χ0v) is 20.0. The molecule has 0 N–H and O–H groups in total. The lowest BCUT2D eigenvalue weighted by Crippen LogP contribution is -2.35. The quantitative estimate of drug-likeness (QED) is 0.486. The molecule has 4 heterocycles. The van der Waals surface area contributed by atoms with Crippen molar-refractivity contribution in [3.05, 3.63) is 24.2 Å². The molecule has 2 aliphatic heterocycles. The lowest BCUT2D eigenvalue weighted by atomic mass is 10.00. The van der Waals surface area contributed by atoms with E-state index in [0.29, 0.717) is 25.4 Å². The van der Waals surface area contributed by atoms with Crippen molar-refractivity contribution in [2.45, 2.75) is 63.4 Å². The fourth-order valence-electron chi connectivity index (χ4n) is 4.27. The van der Waals surface area contributed by atoms with Gasteiger partial charge in [0.05, 0.1) is 43.7 Å². The number of hydrogen-bond donors (Lipinski definition) is 0. The Morgan fingerprint density at radius 3 is 2.88 bits per heavy atom. The van der Waals surface area contributed by atoms with Gasteiger partial charge in [0.25, 0.3) is 0 Å². The van der Waals surface area contributed by atoms with Gasteiger partial charge >= 0.3 is 0 Å². The van der Waals surface area contributed by atoms with Crippen LogP contribution >= 0.6 is 11.8 Å². The number of nitriles is 1. The Labute approximate surface area is 199 Å². The second kappa shape index (κ2) is 11.6. The molecule has 0 aliphatic carbocycles. The Morgan fingerprint density at radius 2 is 2.18 bits per heavy atom. The molecule has 0 spiro atoms. The van der Waals surface area contributed by atoms with Gasteiger partial charge in [-0.15, -0.1) is 10.2 Å². The van der Waals surface area contributed by atoms with Crippen LogP contribution in [0.25, 0.3) is 0 Å². The van der Waals surface area contributed by atoms with Crippen LogP contribution in [0, 0.1) is 17.2 Å². The number of carbonyl (C=O) groups is 1. The van der Waals surface area contributed by atoms with Crippen LogP contribution in [0.2, 0.25) is 0 Å². The number of aromatic nitrogens is 3. The highest BCUT2D eigenvalue weighted by molar-refractivity contribution is 7.99. The number of carbonyl (C=O) groups excluding carboxylic acids is 1. The van der Waals surface area contributed by atoms with Crippen LogP contribution in [0.4, 0.5) is 5.95 Å². The third-order valence-corrected chi connectivity index (χ3v) is 7.22. The first-order valence-electron chi connectivity index (χ1n) is 11.7. The largest absolute Gasteiger partial charge is 0.467 e. The van der Waals surface area contributed by atoms with Crippen LogP contribution < -0.4 is 4.90 Å². The molecule has 4 rings (SSSR count). The molecule has 2 aromatic heterocycles. The fraction of sp³-hybridized carbons (Fsp3) is 0.652. The summed E-state index contributed by atoms with van der Waals surface area (Å²) in [6.07, 6.45) is 6.43. The summed E-state index contributed by atoms with van der Waals surface area (Å²) in [5.41, 5.74) is 0. The average Bonchev–Trinajstić information content (AvgIpc) is 3.59. The Hall–Kier alpha value is -2.51. The molecule has 9 nitrogen and oxygen atoms in total. The van der Waals surface area contributed by atoms with Gasteiger partial charge in [0.2, 0.25) is 11.9 Å². The second-order valence-corrected chi connectivity index (χ2v) is 9.73. The number of rotatable bonds is 10. The molecule has 0 radical (unpaired) electrons. The van der Waals surface area contributed by atoms with E-state index in [4.69, 9.17) is 14.4 Å². The van der Waals surface area contributed by atoms with Crippen molar-refractivity contribution < 1.29 is 13.9 Å². The predicted octanol–water partition coefficient (Wildman–Crippen LogP) is 3.32. The van der Waals surface area contributed by atoms with Crippen molar-refractivity contribution in [2.24, 2.45) is 5.92 Å². The van der Waals surface area contributed by atoms with Gasteiger partial charge in [0, 0.05) is 26.2 Å². The molecule has 2 fully saturated rings. The highest BCUT2D eigenvalue weighted by Gasteiger charge is 2.26. The minimum absolute atomic E-state index is 0.0494. The molecule has 1 amide bonds. The summed E-state index contributed by atoms with van der Waals surface area (Å²) < 4.78 is 13.4. The normalized spacial score (nSPS) is 19.0. The maximum atomic E-state index is 13.0. The number of hydrogen-bond acceptors (Lipinski definition) is 8. The zero-order valence-electron chi connectivity index (χ0n) is 19.2. The summed E-state index contributed by atoms with van der Waals surface area (Å²) in [7, 11) is 0. The van der Waals surface area contributed by atoms with Gasteiger partial charge in [-0.3, -0.25) is 9.36 Å². The van der Waals surface area contributed by atoms with E-state index in [-0.39, 0.29) is 24.2 Å². The van der Waals surface area contributed by atoms with E-state index >= 15 is 0 Å². The zero-order chi connectivity index (χ0) is 23.0. The van der Waals surface area contributed by atoms with Crippen molar-refractivity contribution in [2.75, 3.05) is 36.9 Å². The van der Waals surface area contributed by atoms with Crippen LogP contribution in [0.5, 0.6) is 0 Å². The summed E-state index contributed by atoms with van der Waals surface area (Å²) in [6.45, 7) is 6.46. The fourth-order valence-corrected chi connectivity index (χ4v) is 5.11. The van der Waals surface area contributed by atoms with Gasteiger partial charge < -0.3 is 19.0 Å². The molecule has 10 heteroatoms. The van der Waals surface area contributed by atoms with Crippen molar-refractivity contribution in [1.29, 1.82) is 5.26 Å². The predicted molar refractivity (Wildman–Crippen MR) is 125 cm³/mol. The van der Waals surface area contributed by atoms with Gasteiger partial charge in [-0.2, -0.15) is 5.26 Å². The molecule has 1 unspecified atom stereocenters. The summed E-state index contributed by atoms with van der Waals surface area (Å²) >= 11 is 1.40. The van der Waals surface area contributed by atoms with E-state index in [2.05, 4.69) is 32.7 Å². The van der Waals surface area contributed by atoms with Crippen LogP contribution in [0.15, 0.2) is 28.0 Å². The molecule has 0 bridgehead atoms. The lowest BCUT2D eigenvalue weighted by Gasteiger charge is -2.31. The van der Waals surface area contributed by atoms with Gasteiger partial charge in [0.1, 0.15) is 5.76 Å². The number of thioether (sulfide) groups is 1. The average molecular weight is 473 g/mol. The van der Waals surface area contributed by atoms with Crippen molar-refractivity contribution >= 4 is 23.6 Å². The first kappa shape index (κ1) is 23.6. The van der Waals surface area contributed by atoms with Gasteiger partial charge in [0.15, 0.2) is 5.16 Å². The number of nitrogens with zero attached hydrogens (tertiary/aromatic N) is 6. The van der Waals surface area contributed by atoms with E-state index in [1.54, 1.807) is 17.2 Å². The highest BCUT2D eigenvalue weighted by atomic mass is 32.2. The van der Waals surface area contributed by atoms with E-state index in [0.717, 1.165) is 62.4 Å². The molecule has 178 valence electrons. The van der Waals surface area contributed by atoms with Crippen LogP contribution in [-0.4, -0.2) is 63.7 Å². The molecule has 1 atom stereocenters. The van der Waals surface area contributed by atoms with Crippen LogP contribution in [0.3, 0.4) is 0 Å². The number of furan rings is 1. The summed E-state index contributed by atoms with van der Waals surface area (Å²) in [6, 6.07) is 5.76. The summed E-state index contributed by atoms with van der Waals surface area (Å²) in [4.78, 5) is 17.0. The second-order valence-electron chi connectivity index (χ2n) is 8.79. The highest BCUT2D eigenvalue weighted by Crippen LogP contribution is 2.28. The molecular weight excluding hydrogens is 440 g/mol. The topological polar surface area (TPSA) is 100 Å². The molecular formula is C23H32N6O3S. The molecule has 0 aromatic carbocycles. The van der Waals surface area contributed by atoms with Crippen LogP contribution in [-0.2, 0) is 22.6 Å². The standard InChI is InChI=1S/C23H32N6O3S/c1-18-7-11-27(12-8-18)22-25-26-23(29(22)16-20-6-3-14-32-20)33-17-21(30)28(10-4-9-24)15-19-5-2-13-31-19/h2,5,13,18,20H,3-4,6-8,10-12,14-17H2,1H3. The molecule has 0 saturated carbocycles. The van der Waals surface area contributed by atoms with Gasteiger partial charge in [-0.1, -0.05) is 18.7 Å². The monoisotopic (exact) mass is 472 g/mol. The van der Waals surface area contributed by atoms with Crippen molar-refractivity contribution in [3.63, 3.8) is 0 Å². The number of anilines is 1. The maximum absolute atomic E-state index is 13.0. The van der Waals surface area contributed by atoms with Crippen molar-refractivity contribution in [1.82, 2.24) is 19.7 Å². The Balaban J connectivity index is 1.45. The molecule has 33 heavy (non-hydrogen) atoms. The smallest absolute Gasteiger partial charge is 0.233 e. The summed E-state index contributed by atoms with van der Waals surface area (Å²) in [5, 5.41) is 18.7. The van der Waals surface area contributed by atoms with Crippen LogP contribution in [0.1, 0.15) is 44.8 Å². The minimum Gasteiger partial charge on any atom is -0.467 e. The third kappa shape index (κ3) is 6.30. The van der Waals surface area contributed by atoms with E-state index in [1.165, 1.54) is 11.8 Å². The number of piperidine rings is 1.